The molecule has 23 heavy (non-hydrogen) atoms. The van der Waals surface area contributed by atoms with Crippen LogP contribution in [0.3, 0.4) is 0 Å². The minimum Gasteiger partial charge on any atom is -0.389 e. The van der Waals surface area contributed by atoms with E-state index in [0.717, 1.165) is 51.4 Å². The maximum absolute atomic E-state index is 10.8. The summed E-state index contributed by atoms with van der Waals surface area (Å²) < 4.78 is 0. The zero-order valence-corrected chi connectivity index (χ0v) is 14.9. The molecule has 0 bridgehead atoms. The fourth-order valence-electron chi connectivity index (χ4n) is 2.05. The van der Waals surface area contributed by atoms with Crippen LogP contribution in [-0.2, 0) is 4.79 Å². The largest absolute Gasteiger partial charge is 0.389 e. The first kappa shape index (κ1) is 21.6. The van der Waals surface area contributed by atoms with Crippen molar-refractivity contribution in [2.45, 2.75) is 77.7 Å². The van der Waals surface area contributed by atoms with Crippen molar-refractivity contribution < 1.29 is 9.90 Å². The Morgan fingerprint density at radius 3 is 2.04 bits per heavy atom. The van der Waals surface area contributed by atoms with Crippen LogP contribution in [0.4, 0.5) is 0 Å². The SMILES string of the molecule is CCCC[C@@H](O)C=CCC=CCC=CCC=CCCCC(C)=O. The van der Waals surface area contributed by atoms with E-state index in [9.17, 15) is 9.90 Å². The third-order valence-corrected chi connectivity index (χ3v) is 3.43. The molecule has 0 aliphatic carbocycles. The van der Waals surface area contributed by atoms with Gasteiger partial charge in [-0.3, -0.25) is 0 Å². The van der Waals surface area contributed by atoms with E-state index < -0.39 is 0 Å². The van der Waals surface area contributed by atoms with Crippen molar-refractivity contribution in [3.63, 3.8) is 0 Å². The van der Waals surface area contributed by atoms with Gasteiger partial charge in [-0.1, -0.05) is 68.4 Å². The summed E-state index contributed by atoms with van der Waals surface area (Å²) in [6.45, 7) is 3.78. The van der Waals surface area contributed by atoms with Gasteiger partial charge in [0.1, 0.15) is 5.78 Å². The number of allylic oxidation sites excluding steroid dienone is 7. The van der Waals surface area contributed by atoms with Crippen LogP contribution < -0.4 is 0 Å². The Bertz CT molecular complexity index is 389. The predicted octanol–water partition coefficient (Wildman–Crippen LogP) is 5.69. The number of Topliss-reactive ketones (excluding diaryl/α,β-unsaturated/α-hetero) is 1. The van der Waals surface area contributed by atoms with Crippen LogP contribution >= 0.6 is 0 Å². The molecule has 0 radical (unpaired) electrons. The molecule has 2 heteroatoms. The van der Waals surface area contributed by atoms with E-state index in [0.29, 0.717) is 6.42 Å². The molecule has 0 rings (SSSR count). The van der Waals surface area contributed by atoms with Crippen molar-refractivity contribution >= 4 is 5.78 Å². The lowest BCUT2D eigenvalue weighted by atomic mass is 10.1. The quantitative estimate of drug-likeness (QED) is 0.330. The third-order valence-electron chi connectivity index (χ3n) is 3.43. The smallest absolute Gasteiger partial charge is 0.129 e. The lowest BCUT2D eigenvalue weighted by Crippen LogP contribution is -2.00. The van der Waals surface area contributed by atoms with Crippen LogP contribution in [-0.4, -0.2) is 17.0 Å². The standard InChI is InChI=1S/C21H34O2/c1-3-4-18-21(23)19-16-14-12-10-8-6-5-7-9-11-13-15-17-20(2)22/h5-6,9-12,16,19,21,23H,3-4,7-8,13-15,17-18H2,1-2H3/t21-/m1/s1. The molecular weight excluding hydrogens is 284 g/mol. The van der Waals surface area contributed by atoms with Crippen LogP contribution in [0.5, 0.6) is 0 Å². The third kappa shape index (κ3) is 18.5. The molecule has 0 aromatic rings. The Morgan fingerprint density at radius 1 is 0.913 bits per heavy atom. The Balaban J connectivity index is 3.53. The molecule has 0 aromatic carbocycles. The molecule has 0 amide bonds. The zero-order chi connectivity index (χ0) is 17.2. The molecular formula is C21H34O2. The van der Waals surface area contributed by atoms with Gasteiger partial charge in [-0.05, 0) is 45.4 Å². The topological polar surface area (TPSA) is 37.3 Å². The van der Waals surface area contributed by atoms with Crippen molar-refractivity contribution in [2.75, 3.05) is 0 Å². The van der Waals surface area contributed by atoms with Crippen molar-refractivity contribution in [2.24, 2.45) is 0 Å². The van der Waals surface area contributed by atoms with Crippen molar-refractivity contribution in [1.82, 2.24) is 0 Å². The van der Waals surface area contributed by atoms with Gasteiger partial charge in [0.05, 0.1) is 6.10 Å². The van der Waals surface area contributed by atoms with Gasteiger partial charge in [0.2, 0.25) is 0 Å². The number of hydrogen-bond acceptors (Lipinski definition) is 2. The summed E-state index contributed by atoms with van der Waals surface area (Å²) in [5.41, 5.74) is 0. The van der Waals surface area contributed by atoms with E-state index in [1.54, 1.807) is 6.92 Å². The Hall–Kier alpha value is -1.41. The monoisotopic (exact) mass is 318 g/mol. The average molecular weight is 319 g/mol. The maximum Gasteiger partial charge on any atom is 0.129 e. The van der Waals surface area contributed by atoms with Crippen molar-refractivity contribution in [1.29, 1.82) is 0 Å². The second-order valence-corrected chi connectivity index (χ2v) is 5.85. The van der Waals surface area contributed by atoms with Crippen LogP contribution in [0.15, 0.2) is 48.6 Å². The Morgan fingerprint density at radius 2 is 1.48 bits per heavy atom. The Kier molecular flexibility index (Phi) is 15.9. The molecule has 0 aliphatic heterocycles. The second-order valence-electron chi connectivity index (χ2n) is 5.85. The molecule has 0 fully saturated rings. The molecule has 1 atom stereocenters. The average Bonchev–Trinajstić information content (AvgIpc) is 2.52. The number of aliphatic hydroxyl groups excluding tert-OH is 1. The van der Waals surface area contributed by atoms with Gasteiger partial charge in [0.25, 0.3) is 0 Å². The number of carbonyl (C=O) groups is 1. The van der Waals surface area contributed by atoms with Gasteiger partial charge < -0.3 is 9.90 Å². The van der Waals surface area contributed by atoms with E-state index in [1.165, 1.54) is 0 Å². The molecule has 0 aliphatic rings. The van der Waals surface area contributed by atoms with Gasteiger partial charge in [-0.25, -0.2) is 0 Å². The summed E-state index contributed by atoms with van der Waals surface area (Å²) in [5.74, 6) is 0.274. The van der Waals surface area contributed by atoms with E-state index in [2.05, 4.69) is 43.4 Å². The van der Waals surface area contributed by atoms with E-state index >= 15 is 0 Å². The van der Waals surface area contributed by atoms with Crippen LogP contribution in [0.2, 0.25) is 0 Å². The summed E-state index contributed by atoms with van der Waals surface area (Å²) in [6.07, 6.45) is 25.0. The number of carbonyl (C=O) groups excluding carboxylic acids is 1. The molecule has 0 saturated carbocycles. The molecule has 0 aromatic heterocycles. The fourth-order valence-corrected chi connectivity index (χ4v) is 2.05. The molecule has 130 valence electrons. The van der Waals surface area contributed by atoms with Crippen molar-refractivity contribution in [3.05, 3.63) is 48.6 Å². The van der Waals surface area contributed by atoms with E-state index in [4.69, 9.17) is 0 Å². The summed E-state index contributed by atoms with van der Waals surface area (Å²) in [7, 11) is 0. The number of aliphatic hydroxyl groups is 1. The second kappa shape index (κ2) is 17.0. The lowest BCUT2D eigenvalue weighted by molar-refractivity contribution is -0.117. The first-order chi connectivity index (χ1) is 11.2. The first-order valence-electron chi connectivity index (χ1n) is 8.96. The molecule has 0 heterocycles. The summed E-state index contributed by atoms with van der Waals surface area (Å²) in [4.78, 5) is 10.8. The van der Waals surface area contributed by atoms with Crippen LogP contribution in [0.1, 0.15) is 71.6 Å². The molecule has 1 N–H and O–H groups in total. The summed E-state index contributed by atoms with van der Waals surface area (Å²) >= 11 is 0. The minimum atomic E-state index is -0.287. The van der Waals surface area contributed by atoms with Crippen molar-refractivity contribution in [3.8, 4) is 0 Å². The summed E-state index contributed by atoms with van der Waals surface area (Å²) in [6, 6.07) is 0. The predicted molar refractivity (Wildman–Crippen MR) is 100 cm³/mol. The summed E-state index contributed by atoms with van der Waals surface area (Å²) in [5, 5.41) is 9.64. The van der Waals surface area contributed by atoms with E-state index in [-0.39, 0.29) is 11.9 Å². The highest BCUT2D eigenvalue weighted by Gasteiger charge is 1.95. The molecule has 2 nitrogen and oxygen atoms in total. The van der Waals surface area contributed by atoms with Gasteiger partial charge in [-0.15, -0.1) is 0 Å². The number of hydrogen-bond donors (Lipinski definition) is 1. The first-order valence-corrected chi connectivity index (χ1v) is 8.96. The normalized spacial score (nSPS) is 13.9. The highest BCUT2D eigenvalue weighted by atomic mass is 16.3. The number of ketones is 1. The fraction of sp³-hybridized carbons (Fsp3) is 0.571. The zero-order valence-electron chi connectivity index (χ0n) is 14.9. The van der Waals surface area contributed by atoms with Gasteiger partial charge in [0.15, 0.2) is 0 Å². The molecule has 0 unspecified atom stereocenters. The van der Waals surface area contributed by atoms with Gasteiger partial charge >= 0.3 is 0 Å². The Labute approximate surface area is 142 Å². The molecule has 0 saturated heterocycles. The highest BCUT2D eigenvalue weighted by Crippen LogP contribution is 2.02. The van der Waals surface area contributed by atoms with Gasteiger partial charge in [0, 0.05) is 6.42 Å². The van der Waals surface area contributed by atoms with Crippen LogP contribution in [0.25, 0.3) is 0 Å². The van der Waals surface area contributed by atoms with E-state index in [1.807, 2.05) is 12.2 Å². The maximum atomic E-state index is 10.8. The number of rotatable bonds is 14. The van der Waals surface area contributed by atoms with Crippen LogP contribution in [0, 0.1) is 0 Å². The minimum absolute atomic E-state index is 0.274. The van der Waals surface area contributed by atoms with Gasteiger partial charge in [-0.2, -0.15) is 0 Å². The lowest BCUT2D eigenvalue weighted by Gasteiger charge is -2.02. The molecule has 0 spiro atoms. The number of unbranched alkanes of at least 4 members (excludes halogenated alkanes) is 2. The highest BCUT2D eigenvalue weighted by molar-refractivity contribution is 5.75.